The summed E-state index contributed by atoms with van der Waals surface area (Å²) >= 11 is 9.39. The molecule has 2 rings (SSSR count). The second kappa shape index (κ2) is 5.56. The maximum absolute atomic E-state index is 6.02. The Morgan fingerprint density at radius 2 is 1.94 bits per heavy atom. The molecule has 0 aliphatic rings. The van der Waals surface area contributed by atoms with Crippen molar-refractivity contribution in [3.05, 3.63) is 63.1 Å². The van der Waals surface area contributed by atoms with E-state index < -0.39 is 0 Å². The highest BCUT2D eigenvalue weighted by molar-refractivity contribution is 9.10. The lowest BCUT2D eigenvalue weighted by atomic mass is 10.2. The number of hydrogen-bond acceptors (Lipinski definition) is 1. The predicted molar refractivity (Wildman–Crippen MR) is 74.7 cm³/mol. The van der Waals surface area contributed by atoms with Gasteiger partial charge in [-0.2, -0.15) is 0 Å². The lowest BCUT2D eigenvalue weighted by Crippen LogP contribution is -1.96. The molecule has 0 saturated carbocycles. The molecule has 2 aromatic rings. The van der Waals surface area contributed by atoms with Crippen molar-refractivity contribution in [2.24, 2.45) is 0 Å². The minimum atomic E-state index is 0.526. The van der Waals surface area contributed by atoms with Gasteiger partial charge >= 0.3 is 0 Å². The van der Waals surface area contributed by atoms with E-state index in [-0.39, 0.29) is 0 Å². The Morgan fingerprint density at radius 3 is 2.65 bits per heavy atom. The molecule has 0 spiro atoms. The van der Waals surface area contributed by atoms with Gasteiger partial charge in [0, 0.05) is 4.47 Å². The smallest absolute Gasteiger partial charge is 0.122 e. The SMILES string of the molecule is Cc1ccccc1OCc1ccc(Br)c(Cl)c1. The van der Waals surface area contributed by atoms with E-state index in [0.717, 1.165) is 21.3 Å². The van der Waals surface area contributed by atoms with Gasteiger partial charge in [0.1, 0.15) is 12.4 Å². The van der Waals surface area contributed by atoms with Gasteiger partial charge < -0.3 is 4.74 Å². The third-order valence-electron chi connectivity index (χ3n) is 2.47. The van der Waals surface area contributed by atoms with Gasteiger partial charge in [0.15, 0.2) is 0 Å². The monoisotopic (exact) mass is 310 g/mol. The summed E-state index contributed by atoms with van der Waals surface area (Å²) in [5.74, 6) is 0.909. The maximum Gasteiger partial charge on any atom is 0.122 e. The average molecular weight is 312 g/mol. The van der Waals surface area contributed by atoms with Crippen molar-refractivity contribution in [1.29, 1.82) is 0 Å². The van der Waals surface area contributed by atoms with E-state index in [9.17, 15) is 0 Å². The fourth-order valence-electron chi connectivity index (χ4n) is 1.51. The highest BCUT2D eigenvalue weighted by Gasteiger charge is 2.01. The highest BCUT2D eigenvalue weighted by Crippen LogP contribution is 2.24. The van der Waals surface area contributed by atoms with Gasteiger partial charge in [-0.3, -0.25) is 0 Å². The van der Waals surface area contributed by atoms with Crippen molar-refractivity contribution in [2.75, 3.05) is 0 Å². The van der Waals surface area contributed by atoms with Crippen LogP contribution in [-0.2, 0) is 6.61 Å². The zero-order valence-electron chi connectivity index (χ0n) is 9.41. The molecule has 1 nitrogen and oxygen atoms in total. The number of aryl methyl sites for hydroxylation is 1. The summed E-state index contributed by atoms with van der Waals surface area (Å²) in [6, 6.07) is 13.8. The van der Waals surface area contributed by atoms with Crippen LogP contribution < -0.4 is 4.74 Å². The van der Waals surface area contributed by atoms with Crippen LogP contribution in [0.1, 0.15) is 11.1 Å². The first-order valence-corrected chi connectivity index (χ1v) is 6.46. The summed E-state index contributed by atoms with van der Waals surface area (Å²) in [6.07, 6.45) is 0. The van der Waals surface area contributed by atoms with E-state index in [1.54, 1.807) is 0 Å². The first-order chi connectivity index (χ1) is 8.16. The fraction of sp³-hybridized carbons (Fsp3) is 0.143. The predicted octanol–water partition coefficient (Wildman–Crippen LogP) is 4.99. The highest BCUT2D eigenvalue weighted by atomic mass is 79.9. The van der Waals surface area contributed by atoms with Gasteiger partial charge in [0.2, 0.25) is 0 Å². The standard InChI is InChI=1S/C14H12BrClO/c1-10-4-2-3-5-14(10)17-9-11-6-7-12(15)13(16)8-11/h2-8H,9H2,1H3. The van der Waals surface area contributed by atoms with Crippen LogP contribution in [0.15, 0.2) is 46.9 Å². The van der Waals surface area contributed by atoms with Crippen LogP contribution in [0.25, 0.3) is 0 Å². The Bertz CT molecular complexity index is 525. The van der Waals surface area contributed by atoms with Gasteiger partial charge in [-0.1, -0.05) is 35.9 Å². The Hall–Kier alpha value is -0.990. The molecule has 17 heavy (non-hydrogen) atoms. The zero-order chi connectivity index (χ0) is 12.3. The third-order valence-corrected chi connectivity index (χ3v) is 3.70. The molecule has 0 aromatic heterocycles. The van der Waals surface area contributed by atoms with Gasteiger partial charge in [0.05, 0.1) is 5.02 Å². The summed E-state index contributed by atoms with van der Waals surface area (Å²) in [7, 11) is 0. The van der Waals surface area contributed by atoms with Crippen LogP contribution in [0.5, 0.6) is 5.75 Å². The summed E-state index contributed by atoms with van der Waals surface area (Å²) in [4.78, 5) is 0. The van der Waals surface area contributed by atoms with Crippen LogP contribution in [0, 0.1) is 6.92 Å². The second-order valence-electron chi connectivity index (χ2n) is 3.80. The topological polar surface area (TPSA) is 9.23 Å². The van der Waals surface area contributed by atoms with Crippen LogP contribution in [0.4, 0.5) is 0 Å². The minimum absolute atomic E-state index is 0.526. The molecule has 0 N–H and O–H groups in total. The molecule has 0 radical (unpaired) electrons. The molecular weight excluding hydrogens is 300 g/mol. The van der Waals surface area contributed by atoms with Crippen LogP contribution in [0.3, 0.4) is 0 Å². The van der Waals surface area contributed by atoms with E-state index in [1.807, 2.05) is 49.4 Å². The van der Waals surface area contributed by atoms with Crippen molar-refractivity contribution in [1.82, 2.24) is 0 Å². The van der Waals surface area contributed by atoms with Crippen LogP contribution in [-0.4, -0.2) is 0 Å². The van der Waals surface area contributed by atoms with Gasteiger partial charge in [-0.05, 0) is 52.2 Å². The van der Waals surface area contributed by atoms with Gasteiger partial charge in [-0.25, -0.2) is 0 Å². The van der Waals surface area contributed by atoms with Crippen LogP contribution in [0.2, 0.25) is 5.02 Å². The van der Waals surface area contributed by atoms with E-state index in [1.165, 1.54) is 0 Å². The van der Waals surface area contributed by atoms with Crippen molar-refractivity contribution >= 4 is 27.5 Å². The molecular formula is C14H12BrClO. The largest absolute Gasteiger partial charge is 0.489 e. The normalized spacial score (nSPS) is 10.3. The second-order valence-corrected chi connectivity index (χ2v) is 5.06. The lowest BCUT2D eigenvalue weighted by Gasteiger charge is -2.09. The zero-order valence-corrected chi connectivity index (χ0v) is 11.8. The molecule has 0 aliphatic carbocycles. The van der Waals surface area contributed by atoms with E-state index in [0.29, 0.717) is 11.6 Å². The van der Waals surface area contributed by atoms with Crippen molar-refractivity contribution < 1.29 is 4.74 Å². The lowest BCUT2D eigenvalue weighted by molar-refractivity contribution is 0.304. The average Bonchev–Trinajstić information content (AvgIpc) is 2.32. The van der Waals surface area contributed by atoms with E-state index in [4.69, 9.17) is 16.3 Å². The molecule has 0 saturated heterocycles. The van der Waals surface area contributed by atoms with Crippen molar-refractivity contribution in [3.63, 3.8) is 0 Å². The van der Waals surface area contributed by atoms with Crippen LogP contribution >= 0.6 is 27.5 Å². The molecule has 88 valence electrons. The summed E-state index contributed by atoms with van der Waals surface area (Å²) in [6.45, 7) is 2.56. The Morgan fingerprint density at radius 1 is 1.18 bits per heavy atom. The molecule has 3 heteroatoms. The molecule has 2 aromatic carbocycles. The Kier molecular flexibility index (Phi) is 4.08. The maximum atomic E-state index is 6.02. The number of rotatable bonds is 3. The van der Waals surface area contributed by atoms with Gasteiger partial charge in [0.25, 0.3) is 0 Å². The quantitative estimate of drug-likeness (QED) is 0.776. The molecule has 0 amide bonds. The number of para-hydroxylation sites is 1. The summed E-state index contributed by atoms with van der Waals surface area (Å²) < 4.78 is 6.65. The summed E-state index contributed by atoms with van der Waals surface area (Å²) in [5.41, 5.74) is 2.19. The molecule has 0 fully saturated rings. The van der Waals surface area contributed by atoms with E-state index >= 15 is 0 Å². The van der Waals surface area contributed by atoms with Crippen molar-refractivity contribution in [2.45, 2.75) is 13.5 Å². The van der Waals surface area contributed by atoms with Crippen molar-refractivity contribution in [3.8, 4) is 5.75 Å². The molecule has 0 heterocycles. The fourth-order valence-corrected chi connectivity index (χ4v) is 1.96. The molecule has 0 unspecified atom stereocenters. The number of ether oxygens (including phenoxy) is 1. The summed E-state index contributed by atoms with van der Waals surface area (Å²) in [5, 5.41) is 0.705. The molecule has 0 bridgehead atoms. The van der Waals surface area contributed by atoms with E-state index in [2.05, 4.69) is 15.9 Å². The Balaban J connectivity index is 2.08. The third kappa shape index (κ3) is 3.24. The Labute approximate surface area is 115 Å². The number of benzene rings is 2. The first-order valence-electron chi connectivity index (χ1n) is 5.29. The van der Waals surface area contributed by atoms with Gasteiger partial charge in [-0.15, -0.1) is 0 Å². The molecule has 0 atom stereocenters. The molecule has 0 aliphatic heterocycles. The minimum Gasteiger partial charge on any atom is -0.489 e. The number of hydrogen-bond donors (Lipinski definition) is 0. The first kappa shape index (κ1) is 12.5. The number of halogens is 2.